The van der Waals surface area contributed by atoms with E-state index in [1.165, 1.54) is 13.2 Å². The molecule has 1 heterocycles. The number of halogens is 1. The van der Waals surface area contributed by atoms with Crippen LogP contribution in [0.15, 0.2) is 22.2 Å². The van der Waals surface area contributed by atoms with Gasteiger partial charge in [-0.3, -0.25) is 4.79 Å². The van der Waals surface area contributed by atoms with Crippen LogP contribution < -0.4 is 14.8 Å². The van der Waals surface area contributed by atoms with Gasteiger partial charge in [0.05, 0.1) is 24.8 Å². The predicted octanol–water partition coefficient (Wildman–Crippen LogP) is 2.67. The van der Waals surface area contributed by atoms with Crippen LogP contribution in [0.25, 0.3) is 6.08 Å². The van der Waals surface area contributed by atoms with Crippen LogP contribution in [0.1, 0.15) is 18.4 Å². The summed E-state index contributed by atoms with van der Waals surface area (Å²) in [6.45, 7) is 1.12. The molecule has 0 aliphatic carbocycles. The molecule has 1 atom stereocenters. The fourth-order valence-corrected chi connectivity index (χ4v) is 2.93. The second kappa shape index (κ2) is 8.71. The maximum absolute atomic E-state index is 12.2. The van der Waals surface area contributed by atoms with Gasteiger partial charge < -0.3 is 19.5 Å². The second-order valence-corrected chi connectivity index (χ2v) is 6.10. The smallest absolute Gasteiger partial charge is 0.262 e. The summed E-state index contributed by atoms with van der Waals surface area (Å²) in [7, 11) is 3.07. The molecule has 0 saturated carbocycles. The van der Waals surface area contributed by atoms with E-state index in [1.807, 2.05) is 6.07 Å². The zero-order valence-corrected chi connectivity index (χ0v) is 15.2. The van der Waals surface area contributed by atoms with E-state index in [-0.39, 0.29) is 11.7 Å². The van der Waals surface area contributed by atoms with Crippen LogP contribution in [0.2, 0.25) is 0 Å². The first-order chi connectivity index (χ1) is 11.6. The van der Waals surface area contributed by atoms with Gasteiger partial charge in [-0.2, -0.15) is 5.26 Å². The maximum atomic E-state index is 12.2. The van der Waals surface area contributed by atoms with Gasteiger partial charge in [-0.25, -0.2) is 0 Å². The normalized spacial score (nSPS) is 17.2. The molecule has 7 heteroatoms. The SMILES string of the molecule is COc1cc(OC)c(/C=C(\C#N)C(=O)NCC2CCCO2)cc1Br. The van der Waals surface area contributed by atoms with Crippen molar-refractivity contribution in [2.24, 2.45) is 0 Å². The third kappa shape index (κ3) is 4.49. The first-order valence-electron chi connectivity index (χ1n) is 7.52. The van der Waals surface area contributed by atoms with Crippen LogP contribution in [0.4, 0.5) is 0 Å². The number of nitrogens with zero attached hydrogens (tertiary/aromatic N) is 1. The Labute approximate surface area is 149 Å². The molecule has 1 saturated heterocycles. The number of ether oxygens (including phenoxy) is 3. The van der Waals surface area contributed by atoms with E-state index in [0.29, 0.717) is 28.1 Å². The summed E-state index contributed by atoms with van der Waals surface area (Å²) in [5.74, 6) is 0.682. The summed E-state index contributed by atoms with van der Waals surface area (Å²) in [5, 5.41) is 12.0. The van der Waals surface area contributed by atoms with Gasteiger partial charge in [0.15, 0.2) is 0 Å². The highest BCUT2D eigenvalue weighted by Crippen LogP contribution is 2.34. The van der Waals surface area contributed by atoms with Crippen LogP contribution in [0.3, 0.4) is 0 Å². The van der Waals surface area contributed by atoms with Crippen LogP contribution in [0, 0.1) is 11.3 Å². The molecule has 1 aliphatic heterocycles. The Morgan fingerprint density at radius 2 is 2.21 bits per heavy atom. The van der Waals surface area contributed by atoms with Crippen LogP contribution in [-0.4, -0.2) is 39.4 Å². The van der Waals surface area contributed by atoms with E-state index >= 15 is 0 Å². The van der Waals surface area contributed by atoms with Crippen molar-refractivity contribution < 1.29 is 19.0 Å². The Hall–Kier alpha value is -2.04. The number of hydrogen-bond acceptors (Lipinski definition) is 5. The molecule has 128 valence electrons. The highest BCUT2D eigenvalue weighted by molar-refractivity contribution is 9.10. The van der Waals surface area contributed by atoms with Crippen LogP contribution in [-0.2, 0) is 9.53 Å². The van der Waals surface area contributed by atoms with Crippen molar-refractivity contribution in [3.05, 3.63) is 27.7 Å². The summed E-state index contributed by atoms with van der Waals surface area (Å²) in [5.41, 5.74) is 0.609. The zero-order chi connectivity index (χ0) is 17.5. The van der Waals surface area contributed by atoms with E-state index < -0.39 is 5.91 Å². The topological polar surface area (TPSA) is 80.6 Å². The lowest BCUT2D eigenvalue weighted by molar-refractivity contribution is -0.117. The molecule has 6 nitrogen and oxygen atoms in total. The average Bonchev–Trinajstić information content (AvgIpc) is 3.11. The molecule has 1 amide bonds. The van der Waals surface area contributed by atoms with Crippen molar-refractivity contribution in [2.45, 2.75) is 18.9 Å². The quantitative estimate of drug-likeness (QED) is 0.592. The van der Waals surface area contributed by atoms with Crippen molar-refractivity contribution >= 4 is 27.9 Å². The number of methoxy groups -OCH3 is 2. The highest BCUT2D eigenvalue weighted by atomic mass is 79.9. The van der Waals surface area contributed by atoms with E-state index in [2.05, 4.69) is 21.2 Å². The first-order valence-corrected chi connectivity index (χ1v) is 8.31. The summed E-state index contributed by atoms with van der Waals surface area (Å²) >= 11 is 3.39. The molecule has 0 spiro atoms. The van der Waals surface area contributed by atoms with E-state index in [1.54, 1.807) is 19.2 Å². The van der Waals surface area contributed by atoms with Crippen molar-refractivity contribution in [1.29, 1.82) is 5.26 Å². The lowest BCUT2D eigenvalue weighted by Crippen LogP contribution is -2.32. The number of hydrogen-bond donors (Lipinski definition) is 1. The zero-order valence-electron chi connectivity index (χ0n) is 13.6. The largest absolute Gasteiger partial charge is 0.496 e. The molecule has 24 heavy (non-hydrogen) atoms. The minimum Gasteiger partial charge on any atom is -0.496 e. The molecule has 2 rings (SSSR count). The van der Waals surface area contributed by atoms with Crippen LogP contribution in [0.5, 0.6) is 11.5 Å². The average molecular weight is 395 g/mol. The fourth-order valence-electron chi connectivity index (χ4n) is 2.41. The van der Waals surface area contributed by atoms with Crippen molar-refractivity contribution in [2.75, 3.05) is 27.4 Å². The van der Waals surface area contributed by atoms with Crippen LogP contribution >= 0.6 is 15.9 Å². The van der Waals surface area contributed by atoms with Gasteiger partial charge in [0.2, 0.25) is 0 Å². The third-order valence-electron chi connectivity index (χ3n) is 3.68. The minimum atomic E-state index is -0.429. The monoisotopic (exact) mass is 394 g/mol. The van der Waals surface area contributed by atoms with Gasteiger partial charge in [-0.15, -0.1) is 0 Å². The number of carbonyl (C=O) groups excluding carboxylic acids is 1. The Balaban J connectivity index is 2.18. The molecule has 0 radical (unpaired) electrons. The second-order valence-electron chi connectivity index (χ2n) is 5.24. The lowest BCUT2D eigenvalue weighted by Gasteiger charge is -2.12. The number of nitrogens with one attached hydrogen (secondary N) is 1. The van der Waals surface area contributed by atoms with Gasteiger partial charge >= 0.3 is 0 Å². The lowest BCUT2D eigenvalue weighted by atomic mass is 10.1. The van der Waals surface area contributed by atoms with Crippen molar-refractivity contribution in [3.63, 3.8) is 0 Å². The molecule has 1 unspecified atom stereocenters. The Morgan fingerprint density at radius 3 is 2.79 bits per heavy atom. The van der Waals surface area contributed by atoms with E-state index in [0.717, 1.165) is 19.4 Å². The van der Waals surface area contributed by atoms with Gasteiger partial charge in [-0.1, -0.05) is 0 Å². The molecule has 1 aromatic rings. The Bertz CT molecular complexity index is 676. The summed E-state index contributed by atoms with van der Waals surface area (Å²) in [6.07, 6.45) is 3.44. The third-order valence-corrected chi connectivity index (χ3v) is 4.30. The number of carbonyl (C=O) groups is 1. The number of nitriles is 1. The summed E-state index contributed by atoms with van der Waals surface area (Å²) in [6, 6.07) is 5.36. The predicted molar refractivity (Wildman–Crippen MR) is 92.8 cm³/mol. The van der Waals surface area contributed by atoms with Gasteiger partial charge in [-0.05, 0) is 40.9 Å². The highest BCUT2D eigenvalue weighted by Gasteiger charge is 2.18. The molecule has 0 bridgehead atoms. The summed E-state index contributed by atoms with van der Waals surface area (Å²) < 4.78 is 16.7. The van der Waals surface area contributed by atoms with Gasteiger partial charge in [0.25, 0.3) is 5.91 Å². The molecular weight excluding hydrogens is 376 g/mol. The first kappa shape index (κ1) is 18.3. The minimum absolute atomic E-state index is 0.00311. The molecular formula is C17H19BrN2O4. The molecule has 1 aliphatic rings. The fraction of sp³-hybridized carbons (Fsp3) is 0.412. The number of rotatable bonds is 6. The van der Waals surface area contributed by atoms with E-state index in [9.17, 15) is 10.1 Å². The standard InChI is InChI=1S/C17H19BrN2O4/c1-22-15-8-16(23-2)14(18)7-11(15)6-12(9-19)17(21)20-10-13-4-3-5-24-13/h6-8,13H,3-5,10H2,1-2H3,(H,20,21)/b12-6+. The van der Waals surface area contributed by atoms with Gasteiger partial charge in [0.1, 0.15) is 23.1 Å². The van der Waals surface area contributed by atoms with Gasteiger partial charge in [0, 0.05) is 24.8 Å². The summed E-state index contributed by atoms with van der Waals surface area (Å²) in [4.78, 5) is 12.2. The Kier molecular flexibility index (Phi) is 6.64. The van der Waals surface area contributed by atoms with E-state index in [4.69, 9.17) is 14.2 Å². The number of benzene rings is 1. The molecule has 1 N–H and O–H groups in total. The maximum Gasteiger partial charge on any atom is 0.262 e. The van der Waals surface area contributed by atoms with Crippen molar-refractivity contribution in [3.8, 4) is 17.6 Å². The molecule has 1 aromatic carbocycles. The van der Waals surface area contributed by atoms with Crippen molar-refractivity contribution in [1.82, 2.24) is 5.32 Å². The molecule has 1 fully saturated rings. The Morgan fingerprint density at radius 1 is 1.46 bits per heavy atom. The number of amides is 1. The molecule has 0 aromatic heterocycles.